The second-order valence-electron chi connectivity index (χ2n) is 3.57. The molecule has 0 fully saturated rings. The van der Waals surface area contributed by atoms with Crippen molar-refractivity contribution < 1.29 is 35.8 Å². The van der Waals surface area contributed by atoms with E-state index in [0.29, 0.717) is 0 Å². The highest BCUT2D eigenvalue weighted by molar-refractivity contribution is 5.88. The Morgan fingerprint density at radius 1 is 0.526 bits per heavy atom. The Kier molecular flexibility index (Phi) is 3.13. The molecule has 0 aliphatic rings. The lowest BCUT2D eigenvalue weighted by Crippen LogP contribution is -2.07. The molecule has 1 nitrogen and oxygen atoms in total. The molecule has 0 atom stereocenters. The molecule has 0 bridgehead atoms. The van der Waals surface area contributed by atoms with Crippen molar-refractivity contribution in [1.82, 2.24) is 0 Å². The predicted molar refractivity (Wildman–Crippen MR) is 48.0 cm³/mol. The van der Waals surface area contributed by atoms with Crippen LogP contribution in [0.2, 0.25) is 0 Å². The molecule has 19 heavy (non-hydrogen) atoms. The van der Waals surface area contributed by atoms with Gasteiger partial charge < -0.3 is 0 Å². The highest BCUT2D eigenvalue weighted by Gasteiger charge is 2.30. The first-order valence-corrected chi connectivity index (χ1v) is 4.72. The van der Waals surface area contributed by atoms with Crippen LogP contribution in [-0.2, 0) is 11.7 Å². The Balaban J connectivity index is 3.21. The lowest BCUT2D eigenvalue weighted by molar-refractivity contribution is 0.173. The molecule has 2 aromatic rings. The fraction of sp³-hybridized carbons (Fsp3) is 0.0909. The Hall–Kier alpha value is -1.83. The zero-order valence-electron chi connectivity index (χ0n) is 8.76. The molecule has 0 heterocycles. The fourth-order valence-corrected chi connectivity index (χ4v) is 1.70. The van der Waals surface area contributed by atoms with Gasteiger partial charge >= 0.3 is 0 Å². The molecular weight excluding hydrogens is 281 g/mol. The minimum Gasteiger partial charge on any atom is -0.231 e. The molecule has 2 rings (SSSR count). The van der Waals surface area contributed by atoms with Crippen molar-refractivity contribution in [3.8, 4) is 0 Å². The number of fused-ring (bicyclic) bond motifs is 1. The maximum absolute atomic E-state index is 13.4. The molecule has 8 heteroatoms. The van der Waals surface area contributed by atoms with Crippen molar-refractivity contribution in [2.24, 2.45) is 0 Å². The van der Waals surface area contributed by atoms with Crippen LogP contribution in [0.15, 0.2) is 0 Å². The molecule has 0 saturated carbocycles. The SMILES string of the molecule is [O]Cc1c(F)c(F)c(F)c2c(F)c(F)c(F)c(F)c12. The van der Waals surface area contributed by atoms with Crippen molar-refractivity contribution in [3.05, 3.63) is 46.3 Å². The molecular formula is C11H2F7O. The van der Waals surface area contributed by atoms with E-state index in [1.54, 1.807) is 0 Å². The van der Waals surface area contributed by atoms with Crippen molar-refractivity contribution in [2.75, 3.05) is 0 Å². The maximum Gasteiger partial charge on any atom is 0.198 e. The van der Waals surface area contributed by atoms with Gasteiger partial charge in [0.05, 0.1) is 5.39 Å². The first-order valence-electron chi connectivity index (χ1n) is 4.72. The van der Waals surface area contributed by atoms with Crippen LogP contribution in [0.25, 0.3) is 10.8 Å². The number of hydrogen-bond acceptors (Lipinski definition) is 0. The summed E-state index contributed by atoms with van der Waals surface area (Å²) in [6, 6.07) is 0. The highest BCUT2D eigenvalue weighted by atomic mass is 19.2. The molecule has 0 aromatic heterocycles. The van der Waals surface area contributed by atoms with E-state index in [1.807, 2.05) is 0 Å². The zero-order chi connectivity index (χ0) is 14.5. The lowest BCUT2D eigenvalue weighted by Gasteiger charge is -2.11. The van der Waals surface area contributed by atoms with E-state index in [1.165, 1.54) is 0 Å². The standard InChI is InChI=1S/C11H2F7O/c12-5-2(1-19)3-4(7(14)9(5)16)8(15)11(18)10(17)6(3)13/h1H2. The molecule has 0 aliphatic carbocycles. The van der Waals surface area contributed by atoms with E-state index in [4.69, 9.17) is 0 Å². The van der Waals surface area contributed by atoms with Gasteiger partial charge in [-0.25, -0.2) is 35.8 Å². The Labute approximate surface area is 100 Å². The van der Waals surface area contributed by atoms with Crippen molar-refractivity contribution in [3.63, 3.8) is 0 Å². The summed E-state index contributed by atoms with van der Waals surface area (Å²) < 4.78 is 92.2. The Morgan fingerprint density at radius 2 is 0.895 bits per heavy atom. The summed E-state index contributed by atoms with van der Waals surface area (Å²) in [4.78, 5) is 0. The minimum absolute atomic E-state index is 1.32. The van der Waals surface area contributed by atoms with Gasteiger partial charge in [0.2, 0.25) is 0 Å². The number of rotatable bonds is 1. The highest BCUT2D eigenvalue weighted by Crippen LogP contribution is 2.34. The smallest absolute Gasteiger partial charge is 0.198 e. The first kappa shape index (κ1) is 13.6. The van der Waals surface area contributed by atoms with Crippen LogP contribution in [0, 0.1) is 40.7 Å². The summed E-state index contributed by atoms with van der Waals surface area (Å²) in [6.45, 7) is -1.61. The van der Waals surface area contributed by atoms with E-state index >= 15 is 0 Å². The van der Waals surface area contributed by atoms with Crippen LogP contribution in [0.4, 0.5) is 30.7 Å². The van der Waals surface area contributed by atoms with Crippen LogP contribution in [0.1, 0.15) is 5.56 Å². The molecule has 0 spiro atoms. The molecule has 101 valence electrons. The van der Waals surface area contributed by atoms with Gasteiger partial charge in [-0.1, -0.05) is 0 Å². The van der Waals surface area contributed by atoms with Crippen LogP contribution < -0.4 is 0 Å². The summed E-state index contributed by atoms with van der Waals surface area (Å²) in [5.41, 5.74) is -1.32. The number of halogens is 7. The van der Waals surface area contributed by atoms with Gasteiger partial charge in [0, 0.05) is 10.9 Å². The quantitative estimate of drug-likeness (QED) is 0.431. The lowest BCUT2D eigenvalue weighted by atomic mass is 10.0. The van der Waals surface area contributed by atoms with Gasteiger partial charge in [-0.2, -0.15) is 0 Å². The second-order valence-corrected chi connectivity index (χ2v) is 3.57. The normalized spacial score (nSPS) is 11.4. The molecule has 0 aliphatic heterocycles. The third-order valence-corrected chi connectivity index (χ3v) is 2.58. The average Bonchev–Trinajstić information content (AvgIpc) is 2.40. The van der Waals surface area contributed by atoms with Crippen LogP contribution in [0.3, 0.4) is 0 Å². The van der Waals surface area contributed by atoms with Gasteiger partial charge in [0.25, 0.3) is 0 Å². The van der Waals surface area contributed by atoms with E-state index < -0.39 is 63.7 Å². The van der Waals surface area contributed by atoms with Gasteiger partial charge in [0.1, 0.15) is 6.61 Å². The molecule has 0 N–H and O–H groups in total. The van der Waals surface area contributed by atoms with E-state index in [0.717, 1.165) is 0 Å². The van der Waals surface area contributed by atoms with Gasteiger partial charge in [-0.15, -0.1) is 0 Å². The van der Waals surface area contributed by atoms with Gasteiger partial charge in [-0.05, 0) is 0 Å². The summed E-state index contributed by atoms with van der Waals surface area (Å²) >= 11 is 0. The third-order valence-electron chi connectivity index (χ3n) is 2.58. The number of benzene rings is 2. The predicted octanol–water partition coefficient (Wildman–Crippen LogP) is 3.74. The van der Waals surface area contributed by atoms with E-state index in [-0.39, 0.29) is 0 Å². The minimum atomic E-state index is -2.38. The molecule has 1 radical (unpaired) electrons. The summed E-state index contributed by atoms with van der Waals surface area (Å²) in [5.74, 6) is -15.7. The van der Waals surface area contributed by atoms with Crippen LogP contribution in [-0.4, -0.2) is 0 Å². The molecule has 0 saturated heterocycles. The third kappa shape index (κ3) is 1.66. The Morgan fingerprint density at radius 3 is 1.32 bits per heavy atom. The monoisotopic (exact) mass is 283 g/mol. The van der Waals surface area contributed by atoms with Crippen LogP contribution >= 0.6 is 0 Å². The molecule has 0 amide bonds. The maximum atomic E-state index is 13.4. The fourth-order valence-electron chi connectivity index (χ4n) is 1.70. The topological polar surface area (TPSA) is 19.9 Å². The van der Waals surface area contributed by atoms with E-state index in [2.05, 4.69) is 0 Å². The average molecular weight is 283 g/mol. The van der Waals surface area contributed by atoms with E-state index in [9.17, 15) is 35.8 Å². The van der Waals surface area contributed by atoms with Crippen LogP contribution in [0.5, 0.6) is 0 Å². The first-order chi connectivity index (χ1) is 8.82. The summed E-state index contributed by atoms with van der Waals surface area (Å²) in [7, 11) is 0. The largest absolute Gasteiger partial charge is 0.231 e. The zero-order valence-corrected chi connectivity index (χ0v) is 8.76. The molecule has 2 aromatic carbocycles. The van der Waals surface area contributed by atoms with Crippen molar-refractivity contribution in [1.29, 1.82) is 0 Å². The second kappa shape index (κ2) is 4.37. The van der Waals surface area contributed by atoms with Gasteiger partial charge in [-0.3, -0.25) is 0 Å². The summed E-state index contributed by atoms with van der Waals surface area (Å²) in [5, 5.41) is 7.58. The number of hydrogen-bond donors (Lipinski definition) is 0. The van der Waals surface area contributed by atoms with Crippen molar-refractivity contribution >= 4 is 10.8 Å². The molecule has 0 unspecified atom stereocenters. The summed E-state index contributed by atoms with van der Waals surface area (Å²) in [6.07, 6.45) is 0. The van der Waals surface area contributed by atoms with Crippen molar-refractivity contribution in [2.45, 2.75) is 6.61 Å². The Bertz CT molecular complexity index is 688. The van der Waals surface area contributed by atoms with Gasteiger partial charge in [0.15, 0.2) is 40.7 Å².